The van der Waals surface area contributed by atoms with Gasteiger partial charge in [-0.05, 0) is 56.4 Å². The van der Waals surface area contributed by atoms with E-state index in [-0.39, 0.29) is 12.1 Å². The summed E-state index contributed by atoms with van der Waals surface area (Å²) < 4.78 is 5.18. The van der Waals surface area contributed by atoms with Gasteiger partial charge in [-0.2, -0.15) is 0 Å². The summed E-state index contributed by atoms with van der Waals surface area (Å²) in [6.07, 6.45) is 6.66. The Kier molecular flexibility index (Phi) is 5.39. The van der Waals surface area contributed by atoms with Crippen molar-refractivity contribution in [3.8, 4) is 0 Å². The van der Waals surface area contributed by atoms with Crippen molar-refractivity contribution in [2.45, 2.75) is 66.4 Å². The standard InChI is InChI=1S/C17H28O2/c1-12(14(3)19-15(4)18)9-10-16-13(2)8-7-11-17(16,5)6/h8,14,16H,1,7,9-11H2,2-6H3. The molecule has 0 amide bonds. The molecule has 19 heavy (non-hydrogen) atoms. The number of hydrogen-bond acceptors (Lipinski definition) is 2. The molecule has 108 valence electrons. The van der Waals surface area contributed by atoms with Crippen molar-refractivity contribution in [2.24, 2.45) is 11.3 Å². The highest BCUT2D eigenvalue weighted by Crippen LogP contribution is 2.43. The van der Waals surface area contributed by atoms with Gasteiger partial charge in [-0.25, -0.2) is 0 Å². The average Bonchev–Trinajstić information content (AvgIpc) is 2.26. The van der Waals surface area contributed by atoms with Crippen LogP contribution < -0.4 is 0 Å². The van der Waals surface area contributed by atoms with Gasteiger partial charge >= 0.3 is 5.97 Å². The number of rotatable bonds is 5. The van der Waals surface area contributed by atoms with Crippen LogP contribution in [0.15, 0.2) is 23.8 Å². The van der Waals surface area contributed by atoms with E-state index in [1.807, 2.05) is 6.92 Å². The number of allylic oxidation sites excluding steroid dienone is 2. The summed E-state index contributed by atoms with van der Waals surface area (Å²) in [5.41, 5.74) is 2.89. The molecule has 0 aliphatic heterocycles. The van der Waals surface area contributed by atoms with Gasteiger partial charge in [-0.3, -0.25) is 4.79 Å². The molecule has 0 radical (unpaired) electrons. The molecule has 0 saturated carbocycles. The number of hydrogen-bond donors (Lipinski definition) is 0. The van der Waals surface area contributed by atoms with E-state index >= 15 is 0 Å². The van der Waals surface area contributed by atoms with Crippen LogP contribution in [0.5, 0.6) is 0 Å². The molecule has 0 N–H and O–H groups in total. The predicted octanol–water partition coefficient (Wildman–Crippen LogP) is 4.66. The summed E-state index contributed by atoms with van der Waals surface area (Å²) >= 11 is 0. The Hall–Kier alpha value is -1.05. The first-order valence-corrected chi connectivity index (χ1v) is 7.25. The van der Waals surface area contributed by atoms with Crippen molar-refractivity contribution in [3.63, 3.8) is 0 Å². The molecule has 0 aromatic carbocycles. The lowest BCUT2D eigenvalue weighted by atomic mass is 9.67. The fourth-order valence-electron chi connectivity index (χ4n) is 3.09. The van der Waals surface area contributed by atoms with Gasteiger partial charge in [0.2, 0.25) is 0 Å². The lowest BCUT2D eigenvalue weighted by Gasteiger charge is -2.39. The largest absolute Gasteiger partial charge is 0.458 e. The minimum absolute atomic E-state index is 0.173. The van der Waals surface area contributed by atoms with E-state index in [1.54, 1.807) is 0 Å². The van der Waals surface area contributed by atoms with Crippen molar-refractivity contribution < 1.29 is 9.53 Å². The van der Waals surface area contributed by atoms with Gasteiger partial charge in [0.05, 0.1) is 0 Å². The summed E-state index contributed by atoms with van der Waals surface area (Å²) in [4.78, 5) is 10.9. The summed E-state index contributed by atoms with van der Waals surface area (Å²) in [5.74, 6) is 0.380. The molecule has 2 atom stereocenters. The second-order valence-electron chi connectivity index (χ2n) is 6.48. The van der Waals surface area contributed by atoms with Gasteiger partial charge in [-0.1, -0.05) is 32.1 Å². The zero-order chi connectivity index (χ0) is 14.6. The first-order chi connectivity index (χ1) is 8.74. The van der Waals surface area contributed by atoms with Crippen LogP contribution in [0.3, 0.4) is 0 Å². The summed E-state index contributed by atoms with van der Waals surface area (Å²) in [7, 11) is 0. The highest BCUT2D eigenvalue weighted by molar-refractivity contribution is 5.66. The highest BCUT2D eigenvalue weighted by Gasteiger charge is 2.32. The molecule has 2 heteroatoms. The Morgan fingerprint density at radius 2 is 2.21 bits per heavy atom. The lowest BCUT2D eigenvalue weighted by Crippen LogP contribution is -2.28. The van der Waals surface area contributed by atoms with Gasteiger partial charge in [0.15, 0.2) is 0 Å². The summed E-state index contributed by atoms with van der Waals surface area (Å²) in [5, 5.41) is 0. The molecule has 1 aliphatic rings. The maximum absolute atomic E-state index is 10.9. The molecule has 1 rings (SSSR count). The third-order valence-corrected chi connectivity index (χ3v) is 4.42. The average molecular weight is 264 g/mol. The van der Waals surface area contributed by atoms with Gasteiger partial charge in [0.25, 0.3) is 0 Å². The maximum atomic E-state index is 10.9. The molecular formula is C17H28O2. The van der Waals surface area contributed by atoms with Crippen molar-refractivity contribution in [3.05, 3.63) is 23.8 Å². The monoisotopic (exact) mass is 264 g/mol. The van der Waals surface area contributed by atoms with Crippen LogP contribution in [0.4, 0.5) is 0 Å². The quantitative estimate of drug-likeness (QED) is 0.533. The van der Waals surface area contributed by atoms with Gasteiger partial charge in [-0.15, -0.1) is 0 Å². The van der Waals surface area contributed by atoms with E-state index in [1.165, 1.54) is 25.3 Å². The molecule has 1 aliphatic carbocycles. The van der Waals surface area contributed by atoms with E-state index in [4.69, 9.17) is 4.74 Å². The van der Waals surface area contributed by atoms with E-state index in [2.05, 4.69) is 33.4 Å². The normalized spacial score (nSPS) is 23.4. The van der Waals surface area contributed by atoms with E-state index < -0.39 is 0 Å². The topological polar surface area (TPSA) is 26.3 Å². The van der Waals surface area contributed by atoms with Crippen molar-refractivity contribution in [1.82, 2.24) is 0 Å². The Morgan fingerprint density at radius 1 is 1.58 bits per heavy atom. The van der Waals surface area contributed by atoms with E-state index in [9.17, 15) is 4.79 Å². The smallest absolute Gasteiger partial charge is 0.303 e. The molecular weight excluding hydrogens is 236 g/mol. The SMILES string of the molecule is C=C(CCC1C(C)=CCCC1(C)C)C(C)OC(C)=O. The van der Waals surface area contributed by atoms with Crippen LogP contribution in [-0.2, 0) is 9.53 Å². The Balaban J connectivity index is 2.55. The molecule has 0 saturated heterocycles. The Morgan fingerprint density at radius 3 is 2.74 bits per heavy atom. The molecule has 0 bridgehead atoms. The predicted molar refractivity (Wildman–Crippen MR) is 79.9 cm³/mol. The maximum Gasteiger partial charge on any atom is 0.303 e. The zero-order valence-electron chi connectivity index (χ0n) is 13.1. The number of carbonyl (C=O) groups is 1. The second kappa shape index (κ2) is 6.40. The third kappa shape index (κ3) is 4.52. The van der Waals surface area contributed by atoms with Crippen molar-refractivity contribution in [1.29, 1.82) is 0 Å². The van der Waals surface area contributed by atoms with Crippen LogP contribution in [0.2, 0.25) is 0 Å². The van der Waals surface area contributed by atoms with Crippen molar-refractivity contribution in [2.75, 3.05) is 0 Å². The van der Waals surface area contributed by atoms with Gasteiger partial charge < -0.3 is 4.74 Å². The Bertz CT molecular complexity index is 377. The van der Waals surface area contributed by atoms with Crippen LogP contribution in [0, 0.1) is 11.3 Å². The van der Waals surface area contributed by atoms with Gasteiger partial charge in [0.1, 0.15) is 6.10 Å². The molecule has 0 heterocycles. The van der Waals surface area contributed by atoms with Crippen LogP contribution in [0.1, 0.15) is 60.3 Å². The fraction of sp³-hybridized carbons (Fsp3) is 0.706. The number of carbonyl (C=O) groups excluding carboxylic acids is 1. The van der Waals surface area contributed by atoms with Crippen LogP contribution >= 0.6 is 0 Å². The Labute approximate surface area is 117 Å². The van der Waals surface area contributed by atoms with Crippen molar-refractivity contribution >= 4 is 5.97 Å². The first-order valence-electron chi connectivity index (χ1n) is 7.25. The van der Waals surface area contributed by atoms with E-state index in [0.29, 0.717) is 11.3 Å². The summed E-state index contributed by atoms with van der Waals surface area (Å²) in [6.45, 7) is 14.4. The first kappa shape index (κ1) is 16.0. The molecule has 0 spiro atoms. The minimum atomic E-state index is -0.234. The molecule has 0 fully saturated rings. The molecule has 2 nitrogen and oxygen atoms in total. The number of esters is 1. The second-order valence-corrected chi connectivity index (χ2v) is 6.48. The number of ether oxygens (including phenoxy) is 1. The lowest BCUT2D eigenvalue weighted by molar-refractivity contribution is -0.143. The molecule has 0 aromatic rings. The van der Waals surface area contributed by atoms with Gasteiger partial charge in [0, 0.05) is 6.92 Å². The highest BCUT2D eigenvalue weighted by atomic mass is 16.5. The zero-order valence-corrected chi connectivity index (χ0v) is 13.1. The fourth-order valence-corrected chi connectivity index (χ4v) is 3.09. The van der Waals surface area contributed by atoms with Crippen LogP contribution in [0.25, 0.3) is 0 Å². The van der Waals surface area contributed by atoms with Crippen LogP contribution in [-0.4, -0.2) is 12.1 Å². The van der Waals surface area contributed by atoms with E-state index in [0.717, 1.165) is 18.4 Å². The molecule has 2 unspecified atom stereocenters. The molecule has 0 aromatic heterocycles. The minimum Gasteiger partial charge on any atom is -0.458 e. The summed E-state index contributed by atoms with van der Waals surface area (Å²) in [6, 6.07) is 0. The third-order valence-electron chi connectivity index (χ3n) is 4.42.